The van der Waals surface area contributed by atoms with Crippen molar-refractivity contribution in [3.63, 3.8) is 0 Å². The highest BCUT2D eigenvalue weighted by atomic mass is 16.6. The fourth-order valence-corrected chi connectivity index (χ4v) is 4.42. The van der Waals surface area contributed by atoms with Crippen molar-refractivity contribution in [3.8, 4) is 11.3 Å². The lowest BCUT2D eigenvalue weighted by Crippen LogP contribution is -2.48. The van der Waals surface area contributed by atoms with Crippen LogP contribution in [0.25, 0.3) is 16.9 Å². The molecule has 0 bridgehead atoms. The zero-order chi connectivity index (χ0) is 26.0. The minimum Gasteiger partial charge on any atom is -0.443 e. The Balaban J connectivity index is 1.66. The van der Waals surface area contributed by atoms with E-state index in [9.17, 15) is 9.59 Å². The SMILES string of the molecule is CCC(C)(C)OC(=O)N1CCOC(Cc2c(-c3ccc(C(=O)NC)cc3C)nc3cc(C)ccn23)C1. The molecule has 0 radical (unpaired) electrons. The van der Waals surface area contributed by atoms with E-state index in [2.05, 4.69) is 21.9 Å². The zero-order valence-corrected chi connectivity index (χ0v) is 22.1. The second-order valence-corrected chi connectivity index (χ2v) is 10.1. The maximum atomic E-state index is 12.8. The first kappa shape index (κ1) is 25.7. The third-order valence-corrected chi connectivity index (χ3v) is 6.88. The Morgan fingerprint density at radius 2 is 2.00 bits per heavy atom. The van der Waals surface area contributed by atoms with E-state index in [1.54, 1.807) is 11.9 Å². The number of benzene rings is 1. The lowest BCUT2D eigenvalue weighted by Gasteiger charge is -2.35. The summed E-state index contributed by atoms with van der Waals surface area (Å²) in [7, 11) is 1.63. The summed E-state index contributed by atoms with van der Waals surface area (Å²) in [5, 5.41) is 2.67. The number of fused-ring (bicyclic) bond motifs is 1. The van der Waals surface area contributed by atoms with E-state index in [4.69, 9.17) is 14.5 Å². The van der Waals surface area contributed by atoms with Gasteiger partial charge in [-0.1, -0.05) is 13.0 Å². The molecule has 8 heteroatoms. The molecule has 1 unspecified atom stereocenters. The lowest BCUT2D eigenvalue weighted by molar-refractivity contribution is -0.0456. The first-order valence-corrected chi connectivity index (χ1v) is 12.5. The molecular formula is C28H36N4O4. The molecule has 2 amide bonds. The van der Waals surface area contributed by atoms with Gasteiger partial charge >= 0.3 is 6.09 Å². The number of ether oxygens (including phenoxy) is 2. The fraction of sp³-hybridized carbons (Fsp3) is 0.464. The number of hydrogen-bond acceptors (Lipinski definition) is 5. The Morgan fingerprint density at radius 1 is 1.22 bits per heavy atom. The molecule has 4 rings (SSSR count). The molecule has 3 aromatic rings. The quantitative estimate of drug-likeness (QED) is 0.546. The summed E-state index contributed by atoms with van der Waals surface area (Å²) in [5.41, 5.74) is 5.89. The molecule has 1 saturated heterocycles. The van der Waals surface area contributed by atoms with Crippen LogP contribution >= 0.6 is 0 Å². The molecule has 1 aliphatic rings. The molecule has 1 aliphatic heterocycles. The highest BCUT2D eigenvalue weighted by Gasteiger charge is 2.31. The first-order valence-electron chi connectivity index (χ1n) is 12.5. The number of nitrogens with zero attached hydrogens (tertiary/aromatic N) is 3. The van der Waals surface area contributed by atoms with Crippen LogP contribution in [-0.4, -0.2) is 64.7 Å². The van der Waals surface area contributed by atoms with Gasteiger partial charge in [0.05, 0.1) is 30.6 Å². The van der Waals surface area contributed by atoms with E-state index in [-0.39, 0.29) is 18.1 Å². The van der Waals surface area contributed by atoms with E-state index >= 15 is 0 Å². The van der Waals surface area contributed by atoms with E-state index in [0.29, 0.717) is 31.7 Å². The molecule has 0 saturated carbocycles. The van der Waals surface area contributed by atoms with Gasteiger partial charge in [0, 0.05) is 37.3 Å². The molecule has 192 valence electrons. The summed E-state index contributed by atoms with van der Waals surface area (Å²) >= 11 is 0. The molecule has 1 fully saturated rings. The summed E-state index contributed by atoms with van der Waals surface area (Å²) in [6.45, 7) is 11.3. The van der Waals surface area contributed by atoms with Gasteiger partial charge in [0.2, 0.25) is 0 Å². The smallest absolute Gasteiger partial charge is 0.410 e. The van der Waals surface area contributed by atoms with Crippen LogP contribution in [0, 0.1) is 13.8 Å². The van der Waals surface area contributed by atoms with Crippen LogP contribution in [0.15, 0.2) is 36.5 Å². The number of pyridine rings is 1. The number of aromatic nitrogens is 2. The van der Waals surface area contributed by atoms with Crippen molar-refractivity contribution in [2.45, 2.75) is 59.2 Å². The van der Waals surface area contributed by atoms with E-state index in [1.807, 2.05) is 59.0 Å². The summed E-state index contributed by atoms with van der Waals surface area (Å²) in [5.74, 6) is -0.121. The van der Waals surface area contributed by atoms with Gasteiger partial charge in [-0.15, -0.1) is 0 Å². The van der Waals surface area contributed by atoms with Gasteiger partial charge < -0.3 is 24.1 Å². The number of aryl methyl sites for hydroxylation is 2. The van der Waals surface area contributed by atoms with Crippen molar-refractivity contribution in [2.75, 3.05) is 26.7 Å². The molecule has 1 N–H and O–H groups in total. The third kappa shape index (κ3) is 5.38. The highest BCUT2D eigenvalue weighted by molar-refractivity contribution is 5.95. The largest absolute Gasteiger partial charge is 0.443 e. The average molecular weight is 493 g/mol. The van der Waals surface area contributed by atoms with Gasteiger partial charge in [-0.2, -0.15) is 0 Å². The maximum absolute atomic E-state index is 12.8. The van der Waals surface area contributed by atoms with Gasteiger partial charge in [-0.05, 0) is 69.5 Å². The van der Waals surface area contributed by atoms with Crippen LogP contribution < -0.4 is 5.32 Å². The van der Waals surface area contributed by atoms with Gasteiger partial charge in [0.15, 0.2) is 0 Å². The molecule has 36 heavy (non-hydrogen) atoms. The number of nitrogens with one attached hydrogen (secondary N) is 1. The minimum atomic E-state index is -0.504. The van der Waals surface area contributed by atoms with Crippen molar-refractivity contribution >= 4 is 17.6 Å². The van der Waals surface area contributed by atoms with E-state index in [1.165, 1.54) is 0 Å². The Hall–Kier alpha value is -3.39. The summed E-state index contributed by atoms with van der Waals surface area (Å²) in [6.07, 6.45) is 2.86. The van der Waals surface area contributed by atoms with E-state index < -0.39 is 5.60 Å². The third-order valence-electron chi connectivity index (χ3n) is 6.88. The first-order chi connectivity index (χ1) is 17.1. The molecular weight excluding hydrogens is 456 g/mol. The summed E-state index contributed by atoms with van der Waals surface area (Å²) < 4.78 is 13.9. The monoisotopic (exact) mass is 492 g/mol. The predicted octanol–water partition coefficient (Wildman–Crippen LogP) is 4.55. The maximum Gasteiger partial charge on any atom is 0.410 e. The Bertz CT molecular complexity index is 1280. The number of morpholine rings is 1. The number of imidazole rings is 1. The molecule has 1 aromatic carbocycles. The highest BCUT2D eigenvalue weighted by Crippen LogP contribution is 2.30. The van der Waals surface area contributed by atoms with Crippen LogP contribution in [0.3, 0.4) is 0 Å². The van der Waals surface area contributed by atoms with Crippen molar-refractivity contribution in [1.29, 1.82) is 0 Å². The molecule has 2 aromatic heterocycles. The number of carbonyl (C=O) groups is 2. The summed E-state index contributed by atoms with van der Waals surface area (Å²) in [6, 6.07) is 9.78. The number of hydrogen-bond donors (Lipinski definition) is 1. The molecule has 3 heterocycles. The lowest BCUT2D eigenvalue weighted by atomic mass is 9.99. The van der Waals surface area contributed by atoms with Gasteiger partial charge in [-0.25, -0.2) is 9.78 Å². The van der Waals surface area contributed by atoms with Crippen molar-refractivity contribution in [2.24, 2.45) is 0 Å². The topological polar surface area (TPSA) is 85.2 Å². The van der Waals surface area contributed by atoms with Crippen molar-refractivity contribution in [3.05, 3.63) is 58.9 Å². The average Bonchev–Trinajstić information content (AvgIpc) is 3.20. The van der Waals surface area contributed by atoms with Crippen LogP contribution in [0.5, 0.6) is 0 Å². The molecule has 1 atom stereocenters. The van der Waals surface area contributed by atoms with Crippen molar-refractivity contribution in [1.82, 2.24) is 19.6 Å². The van der Waals surface area contributed by atoms with Crippen LogP contribution in [0.1, 0.15) is 54.4 Å². The van der Waals surface area contributed by atoms with Crippen LogP contribution in [-0.2, 0) is 15.9 Å². The number of carbonyl (C=O) groups excluding carboxylic acids is 2. The standard InChI is InChI=1S/C28H36N4O4/c1-7-28(4,5)36-27(34)31-12-13-35-21(17-31)16-23-25(30-24-14-18(2)10-11-32(23)24)22-9-8-20(15-19(22)3)26(33)29-6/h8-11,14-15,21H,7,12-13,16-17H2,1-6H3,(H,29,33). The summed E-state index contributed by atoms with van der Waals surface area (Å²) in [4.78, 5) is 31.7. The Morgan fingerprint density at radius 3 is 2.69 bits per heavy atom. The zero-order valence-electron chi connectivity index (χ0n) is 22.1. The minimum absolute atomic E-state index is 0.121. The molecule has 0 aliphatic carbocycles. The number of amides is 2. The Kier molecular flexibility index (Phi) is 7.36. The predicted molar refractivity (Wildman–Crippen MR) is 139 cm³/mol. The van der Waals surface area contributed by atoms with Gasteiger partial charge in [0.25, 0.3) is 5.91 Å². The van der Waals surface area contributed by atoms with Crippen LogP contribution in [0.4, 0.5) is 4.79 Å². The van der Waals surface area contributed by atoms with Gasteiger partial charge in [0.1, 0.15) is 11.2 Å². The second-order valence-electron chi connectivity index (χ2n) is 10.1. The fourth-order valence-electron chi connectivity index (χ4n) is 4.42. The van der Waals surface area contributed by atoms with Crippen LogP contribution in [0.2, 0.25) is 0 Å². The van der Waals surface area contributed by atoms with E-state index in [0.717, 1.165) is 40.1 Å². The molecule has 0 spiro atoms. The van der Waals surface area contributed by atoms with Gasteiger partial charge in [-0.3, -0.25) is 4.79 Å². The Labute approximate surface area is 212 Å². The van der Waals surface area contributed by atoms with Crippen molar-refractivity contribution < 1.29 is 19.1 Å². The molecule has 8 nitrogen and oxygen atoms in total. The number of rotatable bonds is 6. The second kappa shape index (κ2) is 10.3. The normalized spacial score (nSPS) is 16.3.